The highest BCUT2D eigenvalue weighted by Crippen LogP contribution is 2.28. The Hall–Kier alpha value is -2.44. The van der Waals surface area contributed by atoms with Crippen LogP contribution in [0.3, 0.4) is 0 Å². The molecule has 2 rings (SSSR count). The molecule has 0 aliphatic heterocycles. The van der Waals surface area contributed by atoms with Crippen LogP contribution in [0.5, 0.6) is 11.5 Å². The lowest BCUT2D eigenvalue weighted by atomic mass is 10.2. The van der Waals surface area contributed by atoms with Crippen molar-refractivity contribution in [2.45, 2.75) is 13.0 Å². The van der Waals surface area contributed by atoms with Crippen molar-refractivity contribution < 1.29 is 24.2 Å². The number of ether oxygens (including phenoxy) is 2. The molecule has 0 aliphatic carbocycles. The summed E-state index contributed by atoms with van der Waals surface area (Å²) in [5.41, 5.74) is 0.450. The van der Waals surface area contributed by atoms with Crippen molar-refractivity contribution in [2.24, 2.45) is 0 Å². The summed E-state index contributed by atoms with van der Waals surface area (Å²) < 4.78 is 10.6. The van der Waals surface area contributed by atoms with Gasteiger partial charge in [-0.3, -0.25) is 4.79 Å². The first-order valence-electron chi connectivity index (χ1n) is 7.22. The zero-order valence-electron chi connectivity index (χ0n) is 13.2. The molecule has 0 saturated heterocycles. The van der Waals surface area contributed by atoms with Crippen LogP contribution in [-0.4, -0.2) is 29.7 Å². The molecule has 1 atom stereocenters. The van der Waals surface area contributed by atoms with E-state index in [1.165, 1.54) is 12.1 Å². The van der Waals surface area contributed by atoms with E-state index in [4.69, 9.17) is 37.8 Å². The number of benzene rings is 2. The van der Waals surface area contributed by atoms with Crippen molar-refractivity contribution in [1.29, 1.82) is 0 Å². The molecule has 1 amide bonds. The zero-order chi connectivity index (χ0) is 18.4. The summed E-state index contributed by atoms with van der Waals surface area (Å²) in [6, 6.07) is 11.1. The van der Waals surface area contributed by atoms with E-state index >= 15 is 0 Å². The van der Waals surface area contributed by atoms with Crippen molar-refractivity contribution >= 4 is 40.8 Å². The van der Waals surface area contributed by atoms with Crippen molar-refractivity contribution in [1.82, 2.24) is 0 Å². The molecule has 8 heteroatoms. The second-order valence-corrected chi connectivity index (χ2v) is 5.88. The van der Waals surface area contributed by atoms with E-state index < -0.39 is 24.6 Å². The quantitative estimate of drug-likeness (QED) is 0.757. The van der Waals surface area contributed by atoms with E-state index in [0.717, 1.165) is 0 Å². The van der Waals surface area contributed by atoms with Crippen molar-refractivity contribution in [3.8, 4) is 11.5 Å². The summed E-state index contributed by atoms with van der Waals surface area (Å²) in [5.74, 6) is -0.820. The number of rotatable bonds is 7. The predicted molar refractivity (Wildman–Crippen MR) is 94.8 cm³/mol. The van der Waals surface area contributed by atoms with Gasteiger partial charge in [0.15, 0.2) is 12.7 Å². The molecule has 0 radical (unpaired) electrons. The number of nitrogens with one attached hydrogen (secondary N) is 1. The van der Waals surface area contributed by atoms with Gasteiger partial charge in [0.1, 0.15) is 11.5 Å². The van der Waals surface area contributed by atoms with Crippen LogP contribution in [0, 0.1) is 0 Å². The fraction of sp³-hybridized carbons (Fsp3) is 0.176. The van der Waals surface area contributed by atoms with E-state index in [0.29, 0.717) is 27.2 Å². The molecule has 1 unspecified atom stereocenters. The maximum Gasteiger partial charge on any atom is 0.341 e. The minimum absolute atomic E-state index is 0.302. The maximum absolute atomic E-state index is 12.2. The monoisotopic (exact) mass is 383 g/mol. The van der Waals surface area contributed by atoms with Gasteiger partial charge in [0, 0.05) is 16.8 Å². The topological polar surface area (TPSA) is 84.9 Å². The van der Waals surface area contributed by atoms with Crippen LogP contribution in [0.15, 0.2) is 42.5 Å². The highest BCUT2D eigenvalue weighted by Gasteiger charge is 2.16. The average Bonchev–Trinajstić information content (AvgIpc) is 2.55. The number of hydrogen-bond acceptors (Lipinski definition) is 4. The Morgan fingerprint density at radius 3 is 2.64 bits per heavy atom. The molecule has 0 fully saturated rings. The Bertz CT molecular complexity index is 781. The van der Waals surface area contributed by atoms with E-state index in [9.17, 15) is 9.59 Å². The zero-order valence-corrected chi connectivity index (χ0v) is 14.7. The number of aliphatic carboxylic acids is 1. The molecular weight excluding hydrogens is 369 g/mol. The van der Waals surface area contributed by atoms with Gasteiger partial charge in [-0.2, -0.15) is 0 Å². The molecule has 132 valence electrons. The summed E-state index contributed by atoms with van der Waals surface area (Å²) in [5, 5.41) is 12.0. The van der Waals surface area contributed by atoms with Gasteiger partial charge in [-0.05, 0) is 37.3 Å². The molecule has 0 bridgehead atoms. The lowest BCUT2D eigenvalue weighted by molar-refractivity contribution is -0.139. The van der Waals surface area contributed by atoms with E-state index in [-0.39, 0.29) is 0 Å². The number of carboxylic acid groups (broad SMARTS) is 1. The summed E-state index contributed by atoms with van der Waals surface area (Å²) in [6.07, 6.45) is -0.817. The van der Waals surface area contributed by atoms with Gasteiger partial charge in [0.25, 0.3) is 5.91 Å². The Morgan fingerprint density at radius 2 is 1.96 bits per heavy atom. The number of carbonyl (C=O) groups excluding carboxylic acids is 1. The van der Waals surface area contributed by atoms with Gasteiger partial charge in [-0.1, -0.05) is 29.3 Å². The van der Waals surface area contributed by atoms with Crippen molar-refractivity contribution in [3.05, 3.63) is 52.5 Å². The van der Waals surface area contributed by atoms with E-state index in [1.54, 1.807) is 37.3 Å². The molecule has 0 heterocycles. The van der Waals surface area contributed by atoms with Crippen LogP contribution < -0.4 is 14.8 Å². The highest BCUT2D eigenvalue weighted by atomic mass is 35.5. The first kappa shape index (κ1) is 18.9. The second kappa shape index (κ2) is 8.60. The predicted octanol–water partition coefficient (Wildman–Crippen LogP) is 3.86. The van der Waals surface area contributed by atoms with E-state index in [1.807, 2.05) is 0 Å². The van der Waals surface area contributed by atoms with Crippen LogP contribution in [0.25, 0.3) is 0 Å². The fourth-order valence-corrected chi connectivity index (χ4v) is 2.32. The third-order valence-corrected chi connectivity index (χ3v) is 3.56. The average molecular weight is 384 g/mol. The smallest absolute Gasteiger partial charge is 0.341 e. The SMILES string of the molecule is CC(Oc1ccc(Cl)cc1Cl)C(=O)Nc1cccc(OCC(=O)O)c1. The Labute approximate surface area is 154 Å². The molecular formula is C17H15Cl2NO5. The molecule has 2 N–H and O–H groups in total. The number of halogens is 2. The number of anilines is 1. The highest BCUT2D eigenvalue weighted by molar-refractivity contribution is 6.35. The van der Waals surface area contributed by atoms with E-state index in [2.05, 4.69) is 5.32 Å². The molecule has 2 aromatic rings. The second-order valence-electron chi connectivity index (χ2n) is 5.03. The standard InChI is InChI=1S/C17H15Cl2NO5/c1-10(25-15-6-5-11(18)7-14(15)19)17(23)20-12-3-2-4-13(8-12)24-9-16(21)22/h2-8,10H,9H2,1H3,(H,20,23)(H,21,22). The van der Waals surface area contributed by atoms with Crippen molar-refractivity contribution in [2.75, 3.05) is 11.9 Å². The largest absolute Gasteiger partial charge is 0.482 e. The lowest BCUT2D eigenvalue weighted by Crippen LogP contribution is -2.30. The number of carboxylic acids is 1. The first-order valence-corrected chi connectivity index (χ1v) is 7.98. The number of hydrogen-bond donors (Lipinski definition) is 2. The van der Waals surface area contributed by atoms with Crippen LogP contribution in [0.2, 0.25) is 10.0 Å². The van der Waals surface area contributed by atoms with Gasteiger partial charge in [-0.15, -0.1) is 0 Å². The molecule has 25 heavy (non-hydrogen) atoms. The maximum atomic E-state index is 12.2. The molecule has 0 saturated carbocycles. The Morgan fingerprint density at radius 1 is 1.20 bits per heavy atom. The summed E-state index contributed by atoms with van der Waals surface area (Å²) >= 11 is 11.8. The van der Waals surface area contributed by atoms with Crippen molar-refractivity contribution in [3.63, 3.8) is 0 Å². The fourth-order valence-electron chi connectivity index (χ4n) is 1.87. The molecule has 2 aromatic carbocycles. The van der Waals surface area contributed by atoms with Crippen LogP contribution >= 0.6 is 23.2 Å². The molecule has 6 nitrogen and oxygen atoms in total. The summed E-state index contributed by atoms with van der Waals surface area (Å²) in [4.78, 5) is 22.7. The van der Waals surface area contributed by atoms with Gasteiger partial charge in [-0.25, -0.2) is 4.79 Å². The van der Waals surface area contributed by atoms with Crippen LogP contribution in [0.4, 0.5) is 5.69 Å². The first-order chi connectivity index (χ1) is 11.8. The number of carbonyl (C=O) groups is 2. The number of amides is 1. The summed E-state index contributed by atoms with van der Waals surface area (Å²) in [6.45, 7) is 1.11. The summed E-state index contributed by atoms with van der Waals surface area (Å²) in [7, 11) is 0. The third kappa shape index (κ3) is 5.85. The van der Waals surface area contributed by atoms with Gasteiger partial charge in [0.2, 0.25) is 0 Å². The normalized spacial score (nSPS) is 11.5. The minimum atomic E-state index is -1.09. The third-order valence-electron chi connectivity index (χ3n) is 3.03. The van der Waals surface area contributed by atoms with Gasteiger partial charge in [0.05, 0.1) is 5.02 Å². The Kier molecular flexibility index (Phi) is 6.50. The van der Waals surface area contributed by atoms with Gasteiger partial charge < -0.3 is 19.9 Å². The molecule has 0 aliphatic rings. The molecule has 0 spiro atoms. The van der Waals surface area contributed by atoms with Crippen LogP contribution in [-0.2, 0) is 9.59 Å². The Balaban J connectivity index is 1.98. The minimum Gasteiger partial charge on any atom is -0.482 e. The lowest BCUT2D eigenvalue weighted by Gasteiger charge is -2.16. The van der Waals surface area contributed by atoms with Crippen LogP contribution in [0.1, 0.15) is 6.92 Å². The van der Waals surface area contributed by atoms with Gasteiger partial charge >= 0.3 is 5.97 Å². The molecule has 0 aromatic heterocycles.